The van der Waals surface area contributed by atoms with Crippen LogP contribution in [0.2, 0.25) is 0 Å². The molecule has 2 aliphatic rings. The molecule has 11 atom stereocenters. The first-order chi connectivity index (χ1) is 21.2. The fraction of sp³-hybridized carbons (Fsp3) is 0.926. The molecular weight excluding hydrogens is 623 g/mol. The summed E-state index contributed by atoms with van der Waals surface area (Å²) < 4.78 is 50.1. The molecule has 2 saturated heterocycles. The third-order valence-electron chi connectivity index (χ3n) is 7.14. The second kappa shape index (κ2) is 20.1. The highest BCUT2D eigenvalue weighted by Gasteiger charge is 2.48. The van der Waals surface area contributed by atoms with Crippen molar-refractivity contribution in [3.63, 3.8) is 0 Å². The number of hydrogen-bond donors (Lipinski definition) is 7. The van der Waals surface area contributed by atoms with Gasteiger partial charge in [-0.1, -0.05) is 0 Å². The lowest BCUT2D eigenvalue weighted by Gasteiger charge is -2.45. The number of ether oxygens (including phenoxy) is 6. The number of aliphatic hydroxyl groups is 4. The van der Waals surface area contributed by atoms with E-state index < -0.39 is 87.3 Å². The van der Waals surface area contributed by atoms with Gasteiger partial charge in [-0.3, -0.25) is 14.2 Å². The van der Waals surface area contributed by atoms with E-state index in [1.54, 1.807) is 7.11 Å². The molecule has 0 aromatic carbocycles. The average Bonchev–Trinajstić information content (AvgIpc) is 2.96. The number of hydrogen-bond acceptors (Lipinski definition) is 14. The second-order valence-corrected chi connectivity index (χ2v) is 13.0. The Morgan fingerprint density at radius 1 is 0.711 bits per heavy atom. The molecule has 0 aromatic heterocycles. The van der Waals surface area contributed by atoms with Crippen LogP contribution >= 0.6 is 7.60 Å². The molecule has 2 heterocycles. The van der Waals surface area contributed by atoms with Gasteiger partial charge in [0.05, 0.1) is 19.8 Å². The van der Waals surface area contributed by atoms with Crippen molar-refractivity contribution in [1.29, 1.82) is 0 Å². The normalized spacial score (nSPS) is 33.4. The molecule has 7 N–H and O–H groups in total. The van der Waals surface area contributed by atoms with Crippen LogP contribution < -0.4 is 10.6 Å². The maximum atomic E-state index is 11.9. The summed E-state index contributed by atoms with van der Waals surface area (Å²) in [6.07, 6.45) is -7.55. The fourth-order valence-electron chi connectivity index (χ4n) is 4.85. The van der Waals surface area contributed by atoms with E-state index in [9.17, 15) is 39.5 Å². The van der Waals surface area contributed by atoms with E-state index >= 15 is 0 Å². The molecule has 2 aliphatic heterocycles. The highest BCUT2D eigenvalue weighted by molar-refractivity contribution is 7.51. The van der Waals surface area contributed by atoms with Crippen molar-refractivity contribution >= 4 is 19.4 Å². The van der Waals surface area contributed by atoms with Crippen molar-refractivity contribution < 1.29 is 72.4 Å². The summed E-state index contributed by atoms with van der Waals surface area (Å²) in [6.45, 7) is 4.26. The molecule has 11 unspecified atom stereocenters. The van der Waals surface area contributed by atoms with Gasteiger partial charge in [-0.05, 0) is 32.1 Å². The summed E-state index contributed by atoms with van der Waals surface area (Å²) in [5.41, 5.74) is 0. The van der Waals surface area contributed by atoms with Crippen LogP contribution in [0.25, 0.3) is 0 Å². The van der Waals surface area contributed by atoms with Crippen LogP contribution in [0.5, 0.6) is 0 Å². The maximum Gasteiger partial charge on any atom is 0.325 e. The summed E-state index contributed by atoms with van der Waals surface area (Å²) >= 11 is 0. The molecular formula is C27H51N2O15P. The van der Waals surface area contributed by atoms with E-state index in [4.69, 9.17) is 32.9 Å². The summed E-state index contributed by atoms with van der Waals surface area (Å²) in [5, 5.41) is 48.1. The SMILES string of the molecule is COCCCCOCC1OC(OCC2OC(OCCCCCOP(C)(=O)O)C(NC(C)=O)C(O)C2O)C(NC(C)=O)C(O)C1O. The van der Waals surface area contributed by atoms with Gasteiger partial charge in [0.2, 0.25) is 11.8 Å². The number of unbranched alkanes of at least 4 members (excludes halogenated alkanes) is 3. The minimum atomic E-state index is -3.55. The van der Waals surface area contributed by atoms with Crippen molar-refractivity contribution in [2.45, 2.75) is 107 Å². The van der Waals surface area contributed by atoms with Crippen molar-refractivity contribution in [3.8, 4) is 0 Å². The Hall–Kier alpha value is -1.31. The number of carbonyl (C=O) groups excluding carboxylic acids is 2. The molecule has 18 heteroatoms. The van der Waals surface area contributed by atoms with Crippen molar-refractivity contribution in [2.24, 2.45) is 0 Å². The highest BCUT2D eigenvalue weighted by Crippen LogP contribution is 2.36. The highest BCUT2D eigenvalue weighted by atomic mass is 31.2. The Morgan fingerprint density at radius 2 is 1.20 bits per heavy atom. The predicted octanol–water partition coefficient (Wildman–Crippen LogP) is -1.63. The van der Waals surface area contributed by atoms with Crippen LogP contribution in [0.15, 0.2) is 0 Å². The van der Waals surface area contributed by atoms with Crippen molar-refractivity contribution in [2.75, 3.05) is 53.4 Å². The van der Waals surface area contributed by atoms with E-state index in [0.717, 1.165) is 13.1 Å². The minimum absolute atomic E-state index is 0.0721. The zero-order valence-electron chi connectivity index (χ0n) is 26.3. The molecule has 0 radical (unpaired) electrons. The van der Waals surface area contributed by atoms with Gasteiger partial charge in [-0.2, -0.15) is 0 Å². The molecule has 45 heavy (non-hydrogen) atoms. The largest absolute Gasteiger partial charge is 0.388 e. The molecule has 0 spiro atoms. The van der Waals surface area contributed by atoms with Gasteiger partial charge in [0.25, 0.3) is 0 Å². The topological polar surface area (TPSA) is 241 Å². The number of amides is 2. The molecule has 0 saturated carbocycles. The monoisotopic (exact) mass is 674 g/mol. The van der Waals surface area contributed by atoms with E-state index in [0.29, 0.717) is 38.9 Å². The Balaban J connectivity index is 2.02. The van der Waals surface area contributed by atoms with Crippen molar-refractivity contribution in [3.05, 3.63) is 0 Å². The van der Waals surface area contributed by atoms with Gasteiger partial charge in [0.1, 0.15) is 48.7 Å². The average molecular weight is 675 g/mol. The lowest BCUT2D eigenvalue weighted by molar-refractivity contribution is -0.304. The lowest BCUT2D eigenvalue weighted by Crippen LogP contribution is -2.66. The quantitative estimate of drug-likeness (QED) is 0.0566. The number of nitrogens with one attached hydrogen (secondary N) is 2. The maximum absolute atomic E-state index is 11.9. The first-order valence-corrected chi connectivity index (χ1v) is 17.1. The molecule has 17 nitrogen and oxygen atoms in total. The zero-order valence-corrected chi connectivity index (χ0v) is 27.2. The van der Waals surface area contributed by atoms with Crippen molar-refractivity contribution in [1.82, 2.24) is 10.6 Å². The van der Waals surface area contributed by atoms with Crippen LogP contribution in [0, 0.1) is 0 Å². The number of carbonyl (C=O) groups is 2. The first kappa shape index (κ1) is 39.9. The summed E-state index contributed by atoms with van der Waals surface area (Å²) in [4.78, 5) is 32.8. The summed E-state index contributed by atoms with van der Waals surface area (Å²) in [6, 6.07) is -2.30. The van der Waals surface area contributed by atoms with Gasteiger partial charge >= 0.3 is 7.60 Å². The van der Waals surface area contributed by atoms with Gasteiger partial charge < -0.3 is 68.9 Å². The van der Waals surface area contributed by atoms with E-state index in [1.165, 1.54) is 13.8 Å². The summed E-state index contributed by atoms with van der Waals surface area (Å²) in [5.74, 6) is -1.00. The van der Waals surface area contributed by atoms with E-state index in [1.807, 2.05) is 0 Å². The molecule has 2 fully saturated rings. The molecule has 0 aliphatic carbocycles. The van der Waals surface area contributed by atoms with Crippen LogP contribution in [0.4, 0.5) is 0 Å². The molecule has 2 amide bonds. The van der Waals surface area contributed by atoms with Gasteiger partial charge in [0, 0.05) is 47.4 Å². The molecule has 0 bridgehead atoms. The Morgan fingerprint density at radius 3 is 1.73 bits per heavy atom. The minimum Gasteiger partial charge on any atom is -0.388 e. The Kier molecular flexibility index (Phi) is 17.8. The standard InChI is InChI=1S/C27H51N2O15P/c1-16(30)28-20-24(34)23(33)19(44-26(20)40-12-6-5-7-13-42-45(4,36)37)15-41-27-21(29-17(2)31)25(35)22(32)18(43-27)14-39-11-9-8-10-38-3/h18-27,32-35H,5-15H2,1-4H3,(H,28,30)(H,29,31)(H,36,37). The first-order valence-electron chi connectivity index (χ1n) is 15.1. The number of rotatable bonds is 20. The van der Waals surface area contributed by atoms with E-state index in [-0.39, 0.29) is 19.8 Å². The Bertz CT molecular complexity index is 927. The third-order valence-corrected chi connectivity index (χ3v) is 7.80. The molecule has 2 rings (SSSR count). The zero-order chi connectivity index (χ0) is 33.6. The van der Waals surface area contributed by atoms with Gasteiger partial charge in [-0.15, -0.1) is 0 Å². The number of aliphatic hydroxyl groups excluding tert-OH is 4. The molecule has 264 valence electrons. The van der Waals surface area contributed by atoms with Gasteiger partial charge in [0.15, 0.2) is 12.6 Å². The van der Waals surface area contributed by atoms with Crippen LogP contribution in [-0.4, -0.2) is 152 Å². The fourth-order valence-corrected chi connectivity index (χ4v) is 5.32. The second-order valence-electron chi connectivity index (χ2n) is 11.2. The predicted molar refractivity (Wildman–Crippen MR) is 156 cm³/mol. The van der Waals surface area contributed by atoms with Crippen LogP contribution in [0.1, 0.15) is 46.0 Å². The summed E-state index contributed by atoms with van der Waals surface area (Å²) in [7, 11) is -1.96. The van der Waals surface area contributed by atoms with Gasteiger partial charge in [-0.25, -0.2) is 0 Å². The third kappa shape index (κ3) is 14.1. The number of methoxy groups -OCH3 is 1. The van der Waals surface area contributed by atoms with E-state index in [2.05, 4.69) is 10.6 Å². The Labute approximate surface area is 263 Å². The van der Waals surface area contributed by atoms with Crippen LogP contribution in [-0.2, 0) is 47.1 Å². The van der Waals surface area contributed by atoms with Crippen LogP contribution in [0.3, 0.4) is 0 Å². The lowest BCUT2D eigenvalue weighted by atomic mass is 9.96. The smallest absolute Gasteiger partial charge is 0.325 e. The molecule has 0 aromatic rings.